The SMILES string of the molecule is Cc1cc(C)c(C(O)C(C)N)cc1C. The van der Waals surface area contributed by atoms with Crippen molar-refractivity contribution in [3.63, 3.8) is 0 Å². The fourth-order valence-electron chi connectivity index (χ4n) is 1.58. The van der Waals surface area contributed by atoms with Crippen molar-refractivity contribution in [1.82, 2.24) is 0 Å². The average molecular weight is 193 g/mol. The molecule has 0 aliphatic heterocycles. The van der Waals surface area contributed by atoms with Crippen LogP contribution in [0.3, 0.4) is 0 Å². The lowest BCUT2D eigenvalue weighted by molar-refractivity contribution is 0.152. The highest BCUT2D eigenvalue weighted by Gasteiger charge is 2.15. The predicted molar refractivity (Wildman–Crippen MR) is 59.3 cm³/mol. The number of hydrogen-bond acceptors (Lipinski definition) is 2. The van der Waals surface area contributed by atoms with Crippen LogP contribution in [0.25, 0.3) is 0 Å². The summed E-state index contributed by atoms with van der Waals surface area (Å²) in [5, 5.41) is 9.87. The van der Waals surface area contributed by atoms with Gasteiger partial charge in [-0.05, 0) is 49.9 Å². The number of aliphatic hydroxyl groups is 1. The first kappa shape index (κ1) is 11.2. The largest absolute Gasteiger partial charge is 0.387 e. The van der Waals surface area contributed by atoms with Crippen LogP contribution >= 0.6 is 0 Å². The highest BCUT2D eigenvalue weighted by molar-refractivity contribution is 5.38. The molecule has 0 spiro atoms. The summed E-state index contributed by atoms with van der Waals surface area (Å²) < 4.78 is 0. The first-order chi connectivity index (χ1) is 6.43. The fraction of sp³-hybridized carbons (Fsp3) is 0.500. The van der Waals surface area contributed by atoms with Crippen molar-refractivity contribution in [3.8, 4) is 0 Å². The van der Waals surface area contributed by atoms with E-state index in [0.29, 0.717) is 0 Å². The van der Waals surface area contributed by atoms with E-state index < -0.39 is 6.10 Å². The normalized spacial score (nSPS) is 15.3. The Morgan fingerprint density at radius 2 is 1.57 bits per heavy atom. The molecular formula is C12H19NO. The van der Waals surface area contributed by atoms with E-state index in [0.717, 1.165) is 11.1 Å². The maximum Gasteiger partial charge on any atom is 0.0940 e. The lowest BCUT2D eigenvalue weighted by atomic mass is 9.94. The highest BCUT2D eigenvalue weighted by atomic mass is 16.3. The Kier molecular flexibility index (Phi) is 3.29. The first-order valence-corrected chi connectivity index (χ1v) is 4.95. The molecule has 2 unspecified atom stereocenters. The number of nitrogens with two attached hydrogens (primary N) is 1. The van der Waals surface area contributed by atoms with E-state index in [9.17, 15) is 5.11 Å². The molecule has 0 aliphatic carbocycles. The van der Waals surface area contributed by atoms with Crippen LogP contribution in [0.2, 0.25) is 0 Å². The summed E-state index contributed by atoms with van der Waals surface area (Å²) in [6, 6.07) is 3.89. The molecule has 0 aromatic heterocycles. The standard InChI is InChI=1S/C12H19NO/c1-7-5-9(3)11(6-8(7)2)12(14)10(4)13/h5-6,10,12,14H,13H2,1-4H3. The van der Waals surface area contributed by atoms with Gasteiger partial charge in [-0.2, -0.15) is 0 Å². The second-order valence-corrected chi connectivity index (χ2v) is 4.10. The highest BCUT2D eigenvalue weighted by Crippen LogP contribution is 2.23. The second kappa shape index (κ2) is 4.11. The van der Waals surface area contributed by atoms with Gasteiger partial charge in [0.2, 0.25) is 0 Å². The molecule has 14 heavy (non-hydrogen) atoms. The summed E-state index contributed by atoms with van der Waals surface area (Å²) in [6.45, 7) is 7.95. The molecular weight excluding hydrogens is 174 g/mol. The number of aryl methyl sites for hydroxylation is 3. The molecule has 2 atom stereocenters. The third-order valence-electron chi connectivity index (χ3n) is 2.70. The van der Waals surface area contributed by atoms with Crippen LogP contribution in [-0.2, 0) is 0 Å². The lowest BCUT2D eigenvalue weighted by Gasteiger charge is -2.18. The van der Waals surface area contributed by atoms with Gasteiger partial charge in [-0.15, -0.1) is 0 Å². The summed E-state index contributed by atoms with van der Waals surface area (Å²) in [4.78, 5) is 0. The van der Waals surface area contributed by atoms with E-state index in [1.54, 1.807) is 0 Å². The van der Waals surface area contributed by atoms with E-state index in [2.05, 4.69) is 13.0 Å². The van der Waals surface area contributed by atoms with Gasteiger partial charge in [0.25, 0.3) is 0 Å². The number of hydrogen-bond donors (Lipinski definition) is 2. The third-order valence-corrected chi connectivity index (χ3v) is 2.70. The molecule has 0 amide bonds. The molecule has 0 heterocycles. The van der Waals surface area contributed by atoms with Crippen LogP contribution in [0, 0.1) is 20.8 Å². The zero-order chi connectivity index (χ0) is 10.9. The number of benzene rings is 1. The van der Waals surface area contributed by atoms with Crippen LogP contribution in [0.5, 0.6) is 0 Å². The summed E-state index contributed by atoms with van der Waals surface area (Å²) in [5.41, 5.74) is 10.2. The Bertz CT molecular complexity index is 331. The van der Waals surface area contributed by atoms with E-state index in [1.807, 2.05) is 26.8 Å². The van der Waals surface area contributed by atoms with E-state index >= 15 is 0 Å². The minimum atomic E-state index is -0.561. The molecule has 78 valence electrons. The third kappa shape index (κ3) is 2.14. The van der Waals surface area contributed by atoms with Gasteiger partial charge in [-0.25, -0.2) is 0 Å². The van der Waals surface area contributed by atoms with Crippen LogP contribution in [0.15, 0.2) is 12.1 Å². The molecule has 0 bridgehead atoms. The van der Waals surface area contributed by atoms with Crippen LogP contribution in [0.4, 0.5) is 0 Å². The lowest BCUT2D eigenvalue weighted by Crippen LogP contribution is -2.25. The molecule has 0 aliphatic rings. The van der Waals surface area contributed by atoms with Crippen molar-refractivity contribution in [3.05, 3.63) is 34.4 Å². The Labute approximate surface area is 85.8 Å². The average Bonchev–Trinajstić information content (AvgIpc) is 2.10. The molecule has 2 heteroatoms. The van der Waals surface area contributed by atoms with Gasteiger partial charge in [-0.3, -0.25) is 0 Å². The van der Waals surface area contributed by atoms with Crippen LogP contribution < -0.4 is 5.73 Å². The molecule has 1 aromatic rings. The van der Waals surface area contributed by atoms with Gasteiger partial charge in [-0.1, -0.05) is 12.1 Å². The topological polar surface area (TPSA) is 46.2 Å². The van der Waals surface area contributed by atoms with Crippen LogP contribution in [-0.4, -0.2) is 11.1 Å². The minimum absolute atomic E-state index is 0.226. The fourth-order valence-corrected chi connectivity index (χ4v) is 1.58. The molecule has 3 N–H and O–H groups in total. The maximum absolute atomic E-state index is 9.87. The van der Waals surface area contributed by atoms with Crippen molar-refractivity contribution >= 4 is 0 Å². The van der Waals surface area contributed by atoms with Crippen molar-refractivity contribution in [1.29, 1.82) is 0 Å². The summed E-state index contributed by atoms with van der Waals surface area (Å²) in [7, 11) is 0. The van der Waals surface area contributed by atoms with Gasteiger partial charge in [0.05, 0.1) is 6.10 Å². The van der Waals surface area contributed by atoms with Gasteiger partial charge in [0, 0.05) is 6.04 Å². The smallest absolute Gasteiger partial charge is 0.0940 e. The molecule has 0 fully saturated rings. The zero-order valence-corrected chi connectivity index (χ0v) is 9.33. The molecule has 0 saturated heterocycles. The van der Waals surface area contributed by atoms with Crippen molar-refractivity contribution in [2.24, 2.45) is 5.73 Å². The summed E-state index contributed by atoms with van der Waals surface area (Å²) in [6.07, 6.45) is -0.561. The number of rotatable bonds is 2. The Hall–Kier alpha value is -0.860. The molecule has 0 radical (unpaired) electrons. The molecule has 1 aromatic carbocycles. The summed E-state index contributed by atoms with van der Waals surface area (Å²) >= 11 is 0. The Morgan fingerprint density at radius 3 is 2.07 bits per heavy atom. The number of aliphatic hydroxyl groups excluding tert-OH is 1. The van der Waals surface area contributed by atoms with E-state index in [1.165, 1.54) is 11.1 Å². The van der Waals surface area contributed by atoms with Gasteiger partial charge in [0.1, 0.15) is 0 Å². The Morgan fingerprint density at radius 1 is 1.07 bits per heavy atom. The van der Waals surface area contributed by atoms with E-state index in [4.69, 9.17) is 5.73 Å². The monoisotopic (exact) mass is 193 g/mol. The quantitative estimate of drug-likeness (QED) is 0.754. The minimum Gasteiger partial charge on any atom is -0.387 e. The van der Waals surface area contributed by atoms with Crippen molar-refractivity contribution < 1.29 is 5.11 Å². The van der Waals surface area contributed by atoms with Crippen LogP contribution in [0.1, 0.15) is 35.3 Å². The van der Waals surface area contributed by atoms with Gasteiger partial charge in [0.15, 0.2) is 0 Å². The summed E-state index contributed by atoms with van der Waals surface area (Å²) in [5.74, 6) is 0. The molecule has 0 saturated carbocycles. The molecule has 1 rings (SSSR count). The zero-order valence-electron chi connectivity index (χ0n) is 9.33. The van der Waals surface area contributed by atoms with Gasteiger partial charge >= 0.3 is 0 Å². The van der Waals surface area contributed by atoms with E-state index in [-0.39, 0.29) is 6.04 Å². The van der Waals surface area contributed by atoms with Gasteiger partial charge < -0.3 is 10.8 Å². The second-order valence-electron chi connectivity index (χ2n) is 4.10. The first-order valence-electron chi connectivity index (χ1n) is 4.95. The maximum atomic E-state index is 9.87. The van der Waals surface area contributed by atoms with Crippen molar-refractivity contribution in [2.45, 2.75) is 39.8 Å². The molecule has 2 nitrogen and oxygen atoms in total. The van der Waals surface area contributed by atoms with Crippen molar-refractivity contribution in [2.75, 3.05) is 0 Å². The predicted octanol–water partition coefficient (Wildman–Crippen LogP) is 1.99. The Balaban J connectivity index is 3.15.